The number of nitrogens with one attached hydrogen (secondary N) is 1. The highest BCUT2D eigenvalue weighted by atomic mass is 35.5. The minimum absolute atomic E-state index is 0.0304. The van der Waals surface area contributed by atoms with Gasteiger partial charge >= 0.3 is 0 Å². The highest BCUT2D eigenvalue weighted by molar-refractivity contribution is 7.91. The second-order valence-electron chi connectivity index (χ2n) is 6.60. The van der Waals surface area contributed by atoms with Crippen LogP contribution in [0.3, 0.4) is 0 Å². The summed E-state index contributed by atoms with van der Waals surface area (Å²) >= 11 is 5.92. The Bertz CT molecular complexity index is 1370. The van der Waals surface area contributed by atoms with Crippen LogP contribution in [0.15, 0.2) is 77.0 Å². The maximum atomic E-state index is 13.0. The first-order valence-electron chi connectivity index (χ1n) is 9.13. The average Bonchev–Trinajstić information content (AvgIpc) is 3.25. The van der Waals surface area contributed by atoms with Gasteiger partial charge in [-0.25, -0.2) is 18.4 Å². The predicted octanol–water partition coefficient (Wildman–Crippen LogP) is 3.15. The molecule has 0 radical (unpaired) electrons. The van der Waals surface area contributed by atoms with Crippen LogP contribution in [-0.4, -0.2) is 35.8 Å². The minimum atomic E-state index is -3.79. The summed E-state index contributed by atoms with van der Waals surface area (Å²) in [6, 6.07) is 10.6. The maximum absolute atomic E-state index is 13.0. The molecule has 2 aromatic carbocycles. The Morgan fingerprint density at radius 2 is 1.94 bits per heavy atom. The molecule has 158 valence electrons. The largest absolute Gasteiger partial charge is 0.495 e. The summed E-state index contributed by atoms with van der Waals surface area (Å²) in [5.74, 6) is 0.378. The number of fused-ring (bicyclic) bond motifs is 1. The van der Waals surface area contributed by atoms with Gasteiger partial charge in [0.2, 0.25) is 15.6 Å². The number of rotatable bonds is 6. The van der Waals surface area contributed by atoms with Crippen molar-refractivity contribution in [2.24, 2.45) is 0 Å². The molecule has 2 aromatic heterocycles. The normalized spacial score (nSPS) is 11.4. The van der Waals surface area contributed by atoms with E-state index in [1.165, 1.54) is 43.6 Å². The number of amides is 1. The third-order valence-corrected chi connectivity index (χ3v) is 6.65. The van der Waals surface area contributed by atoms with Crippen LogP contribution in [-0.2, 0) is 16.4 Å². The molecule has 1 amide bonds. The maximum Gasteiger partial charge on any atom is 0.254 e. The average molecular weight is 457 g/mol. The van der Waals surface area contributed by atoms with E-state index in [9.17, 15) is 13.2 Å². The van der Waals surface area contributed by atoms with Crippen LogP contribution < -0.4 is 10.1 Å². The van der Waals surface area contributed by atoms with Gasteiger partial charge in [-0.05, 0) is 29.8 Å². The molecule has 4 rings (SSSR count). The summed E-state index contributed by atoms with van der Waals surface area (Å²) in [6.45, 7) is 0.228. The zero-order chi connectivity index (χ0) is 22.0. The molecule has 8 nitrogen and oxygen atoms in total. The van der Waals surface area contributed by atoms with Crippen molar-refractivity contribution in [1.29, 1.82) is 0 Å². The first-order valence-corrected chi connectivity index (χ1v) is 11.0. The van der Waals surface area contributed by atoms with Crippen LogP contribution in [0.2, 0.25) is 5.02 Å². The molecule has 0 aliphatic rings. The number of aromatic nitrogens is 3. The molecule has 0 saturated carbocycles. The second kappa shape index (κ2) is 8.37. The number of sulfone groups is 1. The van der Waals surface area contributed by atoms with Crippen molar-refractivity contribution in [3.05, 3.63) is 83.4 Å². The van der Waals surface area contributed by atoms with Gasteiger partial charge < -0.3 is 10.1 Å². The highest BCUT2D eigenvalue weighted by Crippen LogP contribution is 2.31. The topological polar surface area (TPSA) is 103 Å². The lowest BCUT2D eigenvalue weighted by molar-refractivity contribution is 0.0950. The Labute approximate surface area is 183 Å². The lowest BCUT2D eigenvalue weighted by Crippen LogP contribution is -2.23. The number of halogens is 1. The molecule has 0 unspecified atom stereocenters. The minimum Gasteiger partial charge on any atom is -0.495 e. The van der Waals surface area contributed by atoms with E-state index < -0.39 is 9.84 Å². The fraction of sp³-hybridized carbons (Fsp3) is 0.0952. The number of benzene rings is 2. The van der Waals surface area contributed by atoms with E-state index >= 15 is 0 Å². The van der Waals surface area contributed by atoms with Crippen molar-refractivity contribution in [3.63, 3.8) is 0 Å². The number of carbonyl (C=O) groups is 1. The van der Waals surface area contributed by atoms with Crippen molar-refractivity contribution < 1.29 is 17.9 Å². The van der Waals surface area contributed by atoms with Gasteiger partial charge in [-0.2, -0.15) is 0 Å². The zero-order valence-corrected chi connectivity index (χ0v) is 17.9. The summed E-state index contributed by atoms with van der Waals surface area (Å²) in [5.41, 5.74) is 1.13. The molecular formula is C21H17ClN4O4S. The van der Waals surface area contributed by atoms with E-state index in [0.717, 1.165) is 5.56 Å². The van der Waals surface area contributed by atoms with Crippen LogP contribution in [0, 0.1) is 0 Å². The van der Waals surface area contributed by atoms with Crippen molar-refractivity contribution in [1.82, 2.24) is 19.7 Å². The summed E-state index contributed by atoms with van der Waals surface area (Å²) < 4.78 is 32.7. The van der Waals surface area contributed by atoms with E-state index in [4.69, 9.17) is 16.3 Å². The molecule has 0 aliphatic carbocycles. The monoisotopic (exact) mass is 456 g/mol. The first-order chi connectivity index (χ1) is 14.9. The number of ether oxygens (including phenoxy) is 1. The quantitative estimate of drug-likeness (QED) is 0.478. The Balaban J connectivity index is 1.48. The van der Waals surface area contributed by atoms with Gasteiger partial charge in [0.1, 0.15) is 10.6 Å². The van der Waals surface area contributed by atoms with Gasteiger partial charge in [0.05, 0.1) is 17.6 Å². The third-order valence-electron chi connectivity index (χ3n) is 4.61. The van der Waals surface area contributed by atoms with Crippen LogP contribution in [0.25, 0.3) is 5.78 Å². The van der Waals surface area contributed by atoms with E-state index in [2.05, 4.69) is 15.3 Å². The lowest BCUT2D eigenvalue weighted by atomic mass is 10.2. The fourth-order valence-electron chi connectivity index (χ4n) is 2.99. The summed E-state index contributed by atoms with van der Waals surface area (Å²) in [4.78, 5) is 20.7. The molecule has 0 aliphatic heterocycles. The number of methoxy groups -OCH3 is 1. The summed E-state index contributed by atoms with van der Waals surface area (Å²) in [5, 5.41) is 3.17. The van der Waals surface area contributed by atoms with Gasteiger partial charge in [-0.15, -0.1) is 0 Å². The van der Waals surface area contributed by atoms with Crippen LogP contribution in [0.5, 0.6) is 5.75 Å². The summed E-state index contributed by atoms with van der Waals surface area (Å²) in [6.07, 6.45) is 6.39. The van der Waals surface area contributed by atoms with E-state index in [1.807, 2.05) is 0 Å². The van der Waals surface area contributed by atoms with Gasteiger partial charge in [0.25, 0.3) is 5.91 Å². The molecule has 4 aromatic rings. The third kappa shape index (κ3) is 4.23. The molecule has 0 bridgehead atoms. The van der Waals surface area contributed by atoms with Crippen LogP contribution in [0.4, 0.5) is 0 Å². The number of hydrogen-bond acceptors (Lipinski definition) is 6. The Morgan fingerprint density at radius 1 is 1.16 bits per heavy atom. The molecule has 0 spiro atoms. The molecule has 31 heavy (non-hydrogen) atoms. The van der Waals surface area contributed by atoms with Gasteiger partial charge in [0, 0.05) is 42.4 Å². The summed E-state index contributed by atoms with van der Waals surface area (Å²) in [7, 11) is -2.41. The van der Waals surface area contributed by atoms with Gasteiger partial charge in [-0.3, -0.25) is 9.20 Å². The van der Waals surface area contributed by atoms with Crippen molar-refractivity contribution in [2.75, 3.05) is 7.11 Å². The van der Waals surface area contributed by atoms with Crippen molar-refractivity contribution >= 4 is 33.1 Å². The Morgan fingerprint density at radius 3 is 2.68 bits per heavy atom. The molecule has 0 saturated heterocycles. The molecule has 0 fully saturated rings. The molecular weight excluding hydrogens is 440 g/mol. The van der Waals surface area contributed by atoms with Gasteiger partial charge in [-0.1, -0.05) is 23.7 Å². The molecule has 2 heterocycles. The van der Waals surface area contributed by atoms with Gasteiger partial charge in [0.15, 0.2) is 0 Å². The second-order valence-corrected chi connectivity index (χ2v) is 8.96. The predicted molar refractivity (Wildman–Crippen MR) is 114 cm³/mol. The zero-order valence-electron chi connectivity index (χ0n) is 16.3. The number of imidazole rings is 1. The fourth-order valence-corrected chi connectivity index (χ4v) is 4.56. The highest BCUT2D eigenvalue weighted by Gasteiger charge is 2.22. The van der Waals surface area contributed by atoms with Crippen LogP contribution in [0.1, 0.15) is 15.9 Å². The van der Waals surface area contributed by atoms with Crippen LogP contribution >= 0.6 is 11.6 Å². The Hall–Kier alpha value is -3.43. The number of carbonyl (C=O) groups excluding carboxylic acids is 1. The number of hydrogen-bond donors (Lipinski definition) is 1. The number of nitrogens with zero attached hydrogens (tertiary/aromatic N) is 3. The first kappa shape index (κ1) is 20.8. The molecule has 1 N–H and O–H groups in total. The molecule has 10 heteroatoms. The smallest absolute Gasteiger partial charge is 0.254 e. The van der Waals surface area contributed by atoms with E-state index in [0.29, 0.717) is 16.4 Å². The lowest BCUT2D eigenvalue weighted by Gasteiger charge is -2.11. The van der Waals surface area contributed by atoms with E-state index in [1.54, 1.807) is 35.1 Å². The Kier molecular flexibility index (Phi) is 5.62. The molecule has 0 atom stereocenters. The SMILES string of the molecule is COc1cc(Cl)ccc1S(=O)(=O)c1ccc(CNC(=O)c2cnc3nccn3c2)cc1. The standard InChI is InChI=1S/C21H17ClN4O4S/c1-30-18-10-16(22)4-7-19(18)31(28,29)17-5-2-14(3-6-17)11-24-20(27)15-12-25-21-23-8-9-26(21)13-15/h2-10,12-13H,11H2,1H3,(H,24,27). The van der Waals surface area contributed by atoms with E-state index in [-0.39, 0.29) is 28.0 Å². The van der Waals surface area contributed by atoms with Crippen molar-refractivity contribution in [2.45, 2.75) is 16.3 Å². The van der Waals surface area contributed by atoms with Crippen molar-refractivity contribution in [3.8, 4) is 5.75 Å².